The van der Waals surface area contributed by atoms with Crippen LogP contribution < -0.4 is 0 Å². The summed E-state index contributed by atoms with van der Waals surface area (Å²) in [6.45, 7) is 0.0682. The molecule has 0 saturated heterocycles. The van der Waals surface area contributed by atoms with Gasteiger partial charge in [0.1, 0.15) is 12.4 Å². The Kier molecular flexibility index (Phi) is 5.61. The second kappa shape index (κ2) is 6.98. The topological polar surface area (TPSA) is 106 Å². The van der Waals surface area contributed by atoms with E-state index in [4.69, 9.17) is 17.1 Å². The maximum Gasteiger partial charge on any atom is 0.150 e. The van der Waals surface area contributed by atoms with Crippen LogP contribution in [0.25, 0.3) is 10.4 Å². The van der Waals surface area contributed by atoms with Crippen molar-refractivity contribution in [3.63, 3.8) is 0 Å². The Balaban J connectivity index is 2.85. The van der Waals surface area contributed by atoms with E-state index in [0.717, 1.165) is 0 Å². The lowest BCUT2D eigenvalue weighted by atomic mass is 9.98. The summed E-state index contributed by atoms with van der Waals surface area (Å²) in [6, 6.07) is 4.41. The number of benzene rings is 1. The Morgan fingerprint density at radius 2 is 2.22 bits per heavy atom. The van der Waals surface area contributed by atoms with E-state index in [9.17, 15) is 15.0 Å². The predicted octanol–water partition coefficient (Wildman–Crippen LogP) is 2.25. The lowest BCUT2D eigenvalue weighted by Gasteiger charge is -2.18. The molecule has 0 spiro atoms. The maximum absolute atomic E-state index is 10.8. The Hall–Kier alpha value is -1.59. The van der Waals surface area contributed by atoms with Gasteiger partial charge in [-0.25, -0.2) is 0 Å². The first-order valence-electron chi connectivity index (χ1n) is 5.21. The van der Waals surface area contributed by atoms with Crippen molar-refractivity contribution in [1.29, 1.82) is 0 Å². The molecule has 0 aliphatic carbocycles. The largest absolute Gasteiger partial charge is 0.390 e. The highest BCUT2D eigenvalue weighted by atomic mass is 35.5. The van der Waals surface area contributed by atoms with Crippen LogP contribution in [0.1, 0.15) is 28.4 Å². The van der Waals surface area contributed by atoms with E-state index in [1.165, 1.54) is 18.2 Å². The zero-order chi connectivity index (χ0) is 13.5. The minimum atomic E-state index is -1.23. The fourth-order valence-corrected chi connectivity index (χ4v) is 1.70. The zero-order valence-corrected chi connectivity index (χ0v) is 10.2. The van der Waals surface area contributed by atoms with Gasteiger partial charge >= 0.3 is 0 Å². The molecule has 2 unspecified atom stereocenters. The Labute approximate surface area is 108 Å². The molecule has 7 heteroatoms. The van der Waals surface area contributed by atoms with Crippen LogP contribution in [0, 0.1) is 0 Å². The quantitative estimate of drug-likeness (QED) is 0.358. The first-order valence-corrected chi connectivity index (χ1v) is 5.59. The Morgan fingerprint density at radius 3 is 2.83 bits per heavy atom. The number of hydrogen-bond donors (Lipinski definition) is 2. The number of nitrogens with zero attached hydrogens (tertiary/aromatic N) is 3. The molecule has 0 radical (unpaired) electrons. The van der Waals surface area contributed by atoms with Gasteiger partial charge in [-0.05, 0) is 29.6 Å². The number of rotatable bonds is 6. The number of carbonyl (C=O) groups is 1. The van der Waals surface area contributed by atoms with Crippen LogP contribution >= 0.6 is 11.6 Å². The van der Waals surface area contributed by atoms with Crippen molar-refractivity contribution in [2.45, 2.75) is 18.6 Å². The predicted molar refractivity (Wildman–Crippen MR) is 66.4 cm³/mol. The highest BCUT2D eigenvalue weighted by Gasteiger charge is 2.20. The van der Waals surface area contributed by atoms with E-state index >= 15 is 0 Å². The van der Waals surface area contributed by atoms with Crippen molar-refractivity contribution in [2.24, 2.45) is 5.11 Å². The molecule has 0 bridgehead atoms. The van der Waals surface area contributed by atoms with E-state index in [0.29, 0.717) is 16.9 Å². The third kappa shape index (κ3) is 3.72. The van der Waals surface area contributed by atoms with Gasteiger partial charge in [-0.3, -0.25) is 4.79 Å². The zero-order valence-electron chi connectivity index (χ0n) is 9.40. The molecule has 0 saturated carbocycles. The van der Waals surface area contributed by atoms with Gasteiger partial charge < -0.3 is 10.2 Å². The molecule has 1 aromatic rings. The summed E-state index contributed by atoms with van der Waals surface area (Å²) in [5.74, 6) is 0. The summed E-state index contributed by atoms with van der Waals surface area (Å²) < 4.78 is 0. The van der Waals surface area contributed by atoms with E-state index in [2.05, 4.69) is 10.0 Å². The van der Waals surface area contributed by atoms with E-state index in [1.807, 2.05) is 0 Å². The number of azide groups is 1. The van der Waals surface area contributed by atoms with E-state index in [1.54, 1.807) is 0 Å². The normalized spacial score (nSPS) is 13.5. The van der Waals surface area contributed by atoms with Gasteiger partial charge in [0.25, 0.3) is 0 Å². The molecule has 0 aromatic heterocycles. The van der Waals surface area contributed by atoms with Gasteiger partial charge in [0, 0.05) is 22.0 Å². The first-order chi connectivity index (χ1) is 8.60. The Bertz CT molecular complexity index is 475. The van der Waals surface area contributed by atoms with Gasteiger partial charge in [0.2, 0.25) is 0 Å². The van der Waals surface area contributed by atoms with Crippen LogP contribution in [-0.4, -0.2) is 29.1 Å². The monoisotopic (exact) mass is 269 g/mol. The molecule has 1 aromatic carbocycles. The minimum absolute atomic E-state index is 0.0682. The van der Waals surface area contributed by atoms with Crippen LogP contribution in [0.15, 0.2) is 23.3 Å². The van der Waals surface area contributed by atoms with Gasteiger partial charge in [0.15, 0.2) is 0 Å². The molecular weight excluding hydrogens is 258 g/mol. The van der Waals surface area contributed by atoms with Crippen LogP contribution in [0.2, 0.25) is 5.02 Å². The second-order valence-corrected chi connectivity index (χ2v) is 4.08. The standard InChI is InChI=1S/C11H12ClN3O3/c12-8-1-2-9(7(5-8)6-16)11(18)10(17)3-4-14-15-13/h1-2,5-6,10-11,17-18H,3-4H2. The third-order valence-electron chi connectivity index (χ3n) is 2.45. The van der Waals surface area contributed by atoms with Crippen molar-refractivity contribution in [1.82, 2.24) is 0 Å². The molecule has 0 amide bonds. The van der Waals surface area contributed by atoms with Gasteiger partial charge in [-0.2, -0.15) is 0 Å². The minimum Gasteiger partial charge on any atom is -0.390 e. The molecule has 1 rings (SSSR count). The lowest BCUT2D eigenvalue weighted by Crippen LogP contribution is -2.20. The van der Waals surface area contributed by atoms with Crippen molar-refractivity contribution < 1.29 is 15.0 Å². The summed E-state index contributed by atoms with van der Waals surface area (Å²) in [5, 5.41) is 23.2. The smallest absolute Gasteiger partial charge is 0.150 e. The molecule has 2 atom stereocenters. The van der Waals surface area contributed by atoms with Crippen molar-refractivity contribution in [3.8, 4) is 0 Å². The van der Waals surface area contributed by atoms with Crippen LogP contribution in [0.3, 0.4) is 0 Å². The van der Waals surface area contributed by atoms with Gasteiger partial charge in [0.05, 0.1) is 6.10 Å². The molecule has 18 heavy (non-hydrogen) atoms. The number of aliphatic hydroxyl groups is 2. The van der Waals surface area contributed by atoms with E-state index in [-0.39, 0.29) is 18.5 Å². The molecule has 96 valence electrons. The molecule has 0 fully saturated rings. The number of aldehydes is 1. The summed E-state index contributed by atoms with van der Waals surface area (Å²) in [6.07, 6.45) is -1.68. The van der Waals surface area contributed by atoms with E-state index < -0.39 is 12.2 Å². The highest BCUT2D eigenvalue weighted by Crippen LogP contribution is 2.24. The average Bonchev–Trinajstić information content (AvgIpc) is 2.37. The summed E-state index contributed by atoms with van der Waals surface area (Å²) in [4.78, 5) is 13.4. The molecule has 2 N–H and O–H groups in total. The fraction of sp³-hybridized carbons (Fsp3) is 0.364. The van der Waals surface area contributed by atoms with Crippen LogP contribution in [0.4, 0.5) is 0 Å². The van der Waals surface area contributed by atoms with Crippen molar-refractivity contribution in [2.75, 3.05) is 6.54 Å². The highest BCUT2D eigenvalue weighted by molar-refractivity contribution is 6.30. The van der Waals surface area contributed by atoms with Crippen molar-refractivity contribution in [3.05, 3.63) is 44.8 Å². The second-order valence-electron chi connectivity index (χ2n) is 3.65. The van der Waals surface area contributed by atoms with Gasteiger partial charge in [-0.15, -0.1) is 0 Å². The lowest BCUT2D eigenvalue weighted by molar-refractivity contribution is 0.0147. The first kappa shape index (κ1) is 14.5. The van der Waals surface area contributed by atoms with Crippen molar-refractivity contribution >= 4 is 17.9 Å². The summed E-state index contributed by atoms with van der Waals surface area (Å²) >= 11 is 5.72. The van der Waals surface area contributed by atoms with Crippen LogP contribution in [-0.2, 0) is 0 Å². The molecule has 6 nitrogen and oxygen atoms in total. The Morgan fingerprint density at radius 1 is 1.50 bits per heavy atom. The summed E-state index contributed by atoms with van der Waals surface area (Å²) in [5.41, 5.74) is 8.62. The number of carbonyl (C=O) groups excluding carboxylic acids is 1. The molecule has 0 heterocycles. The number of aliphatic hydroxyl groups excluding tert-OH is 2. The molecule has 0 aliphatic rings. The van der Waals surface area contributed by atoms with Crippen LogP contribution in [0.5, 0.6) is 0 Å². The summed E-state index contributed by atoms with van der Waals surface area (Å²) in [7, 11) is 0. The number of hydrogen-bond acceptors (Lipinski definition) is 4. The molecular formula is C11H12ClN3O3. The molecule has 0 aliphatic heterocycles. The fourth-order valence-electron chi connectivity index (χ4n) is 1.52. The third-order valence-corrected chi connectivity index (χ3v) is 2.68. The SMILES string of the molecule is [N-]=[N+]=NCCC(O)C(O)c1ccc(Cl)cc1C=O. The average molecular weight is 270 g/mol. The number of halogens is 1. The van der Waals surface area contributed by atoms with Gasteiger partial charge in [-0.1, -0.05) is 22.8 Å². The maximum atomic E-state index is 10.8.